The lowest BCUT2D eigenvalue weighted by Crippen LogP contribution is -2.05. The Morgan fingerprint density at radius 2 is 2.24 bits per heavy atom. The van der Waals surface area contributed by atoms with E-state index >= 15 is 0 Å². The molecule has 0 saturated heterocycles. The predicted octanol–water partition coefficient (Wildman–Crippen LogP) is 3.24. The molecule has 0 atom stereocenters. The number of halogens is 1. The maximum Gasteiger partial charge on any atom is 0.356 e. The van der Waals surface area contributed by atoms with Crippen LogP contribution < -0.4 is 0 Å². The molecule has 0 spiro atoms. The van der Waals surface area contributed by atoms with Crippen molar-refractivity contribution < 1.29 is 9.53 Å². The monoisotopic (exact) mass is 249 g/mol. The Labute approximate surface area is 104 Å². The molecule has 2 rings (SSSR count). The lowest BCUT2D eigenvalue weighted by molar-refractivity contribution is 0.0594. The molecule has 0 radical (unpaired) electrons. The van der Waals surface area contributed by atoms with Crippen LogP contribution in [0.25, 0.3) is 10.9 Å². The molecule has 0 fully saturated rings. The van der Waals surface area contributed by atoms with Crippen molar-refractivity contribution in [2.75, 3.05) is 7.11 Å². The van der Waals surface area contributed by atoms with Gasteiger partial charge in [-0.2, -0.15) is 0 Å². The topological polar surface area (TPSA) is 39.2 Å². The lowest BCUT2D eigenvalue weighted by atomic mass is 10.1. The van der Waals surface area contributed by atoms with Crippen molar-refractivity contribution >= 4 is 28.5 Å². The second-order valence-electron chi connectivity index (χ2n) is 3.65. The highest BCUT2D eigenvalue weighted by molar-refractivity contribution is 6.35. The third kappa shape index (κ3) is 2.11. The van der Waals surface area contributed by atoms with Crippen molar-refractivity contribution in [3.05, 3.63) is 40.5 Å². The molecule has 0 bridgehead atoms. The number of ether oxygens (including phenoxy) is 1. The van der Waals surface area contributed by atoms with E-state index in [1.54, 1.807) is 0 Å². The van der Waals surface area contributed by atoms with Crippen LogP contribution in [0, 0.1) is 0 Å². The van der Waals surface area contributed by atoms with Crippen molar-refractivity contribution in [3.63, 3.8) is 0 Å². The van der Waals surface area contributed by atoms with Gasteiger partial charge < -0.3 is 4.74 Å². The summed E-state index contributed by atoms with van der Waals surface area (Å²) in [7, 11) is 1.33. The van der Waals surface area contributed by atoms with Crippen molar-refractivity contribution in [1.82, 2.24) is 4.98 Å². The van der Waals surface area contributed by atoms with Crippen molar-refractivity contribution in [2.24, 2.45) is 0 Å². The van der Waals surface area contributed by atoms with E-state index in [0.29, 0.717) is 5.02 Å². The number of pyridine rings is 1. The Balaban J connectivity index is 2.74. The minimum Gasteiger partial charge on any atom is -0.464 e. The van der Waals surface area contributed by atoms with E-state index in [4.69, 9.17) is 11.6 Å². The number of rotatable bonds is 2. The Kier molecular flexibility index (Phi) is 3.29. The zero-order chi connectivity index (χ0) is 12.4. The average Bonchev–Trinajstić information content (AvgIpc) is 2.37. The number of aromatic nitrogens is 1. The van der Waals surface area contributed by atoms with Crippen LogP contribution in [0.1, 0.15) is 23.0 Å². The van der Waals surface area contributed by atoms with Crippen LogP contribution in [0.4, 0.5) is 0 Å². The number of fused-ring (bicyclic) bond motifs is 1. The average molecular weight is 250 g/mol. The Morgan fingerprint density at radius 3 is 2.88 bits per heavy atom. The zero-order valence-corrected chi connectivity index (χ0v) is 10.4. The molecule has 88 valence electrons. The van der Waals surface area contributed by atoms with E-state index in [0.717, 1.165) is 22.9 Å². The molecular formula is C13H12ClNO2. The summed E-state index contributed by atoms with van der Waals surface area (Å²) in [5.74, 6) is -0.472. The highest BCUT2D eigenvalue weighted by atomic mass is 35.5. The number of carbonyl (C=O) groups is 1. The first-order chi connectivity index (χ1) is 8.17. The van der Waals surface area contributed by atoms with E-state index in [1.807, 2.05) is 25.1 Å². The fourth-order valence-electron chi connectivity index (χ4n) is 1.76. The number of hydrogen-bond acceptors (Lipinski definition) is 3. The number of methoxy groups -OCH3 is 1. The summed E-state index contributed by atoms with van der Waals surface area (Å²) < 4.78 is 4.65. The van der Waals surface area contributed by atoms with Gasteiger partial charge in [-0.1, -0.05) is 36.7 Å². The van der Waals surface area contributed by atoms with E-state index in [1.165, 1.54) is 13.2 Å². The first-order valence-corrected chi connectivity index (χ1v) is 5.71. The Hall–Kier alpha value is -1.61. The second-order valence-corrected chi connectivity index (χ2v) is 4.05. The molecular weight excluding hydrogens is 238 g/mol. The quantitative estimate of drug-likeness (QED) is 0.767. The van der Waals surface area contributed by atoms with Gasteiger partial charge in [0, 0.05) is 5.39 Å². The molecule has 3 nitrogen and oxygen atoms in total. The van der Waals surface area contributed by atoms with Gasteiger partial charge in [-0.15, -0.1) is 0 Å². The van der Waals surface area contributed by atoms with Gasteiger partial charge in [0.2, 0.25) is 0 Å². The van der Waals surface area contributed by atoms with Gasteiger partial charge in [0.1, 0.15) is 0 Å². The Morgan fingerprint density at radius 1 is 1.47 bits per heavy atom. The molecule has 17 heavy (non-hydrogen) atoms. The molecule has 2 aromatic rings. The smallest absolute Gasteiger partial charge is 0.356 e. The summed E-state index contributed by atoms with van der Waals surface area (Å²) in [5, 5.41) is 1.38. The van der Waals surface area contributed by atoms with Crippen LogP contribution in [-0.2, 0) is 11.2 Å². The number of aryl methyl sites for hydroxylation is 1. The molecule has 0 saturated carbocycles. The number of esters is 1. The van der Waals surface area contributed by atoms with Crippen molar-refractivity contribution in [3.8, 4) is 0 Å². The van der Waals surface area contributed by atoms with Crippen LogP contribution in [0.5, 0.6) is 0 Å². The van der Waals surface area contributed by atoms with Gasteiger partial charge in [0.05, 0.1) is 17.6 Å². The van der Waals surface area contributed by atoms with Gasteiger partial charge in [-0.3, -0.25) is 0 Å². The van der Waals surface area contributed by atoms with Gasteiger partial charge >= 0.3 is 5.97 Å². The Bertz CT molecular complexity index is 581. The highest BCUT2D eigenvalue weighted by Crippen LogP contribution is 2.26. The van der Waals surface area contributed by atoms with Crippen molar-refractivity contribution in [2.45, 2.75) is 13.3 Å². The third-order valence-corrected chi connectivity index (χ3v) is 2.96. The summed E-state index contributed by atoms with van der Waals surface area (Å²) in [4.78, 5) is 15.8. The summed E-state index contributed by atoms with van der Waals surface area (Å²) >= 11 is 6.14. The summed E-state index contributed by atoms with van der Waals surface area (Å²) in [6.45, 7) is 2.04. The molecule has 0 N–H and O–H groups in total. The van der Waals surface area contributed by atoms with Gasteiger partial charge in [-0.05, 0) is 18.1 Å². The number of benzene rings is 1. The molecule has 0 unspecified atom stereocenters. The highest BCUT2D eigenvalue weighted by Gasteiger charge is 2.12. The lowest BCUT2D eigenvalue weighted by Gasteiger charge is -2.07. The standard InChI is InChI=1S/C13H12ClNO2/c1-3-8-5-4-6-9-10(14)7-11(13(16)17-2)15-12(8)9/h4-7H,3H2,1-2H3. The number of carbonyl (C=O) groups excluding carboxylic acids is 1. The summed E-state index contributed by atoms with van der Waals surface area (Å²) in [6, 6.07) is 7.35. The second kappa shape index (κ2) is 4.72. The minimum atomic E-state index is -0.472. The fourth-order valence-corrected chi connectivity index (χ4v) is 2.02. The normalized spacial score (nSPS) is 10.5. The predicted molar refractivity (Wildman–Crippen MR) is 67.5 cm³/mol. The van der Waals surface area contributed by atoms with Gasteiger partial charge in [0.25, 0.3) is 0 Å². The number of nitrogens with zero attached hydrogens (tertiary/aromatic N) is 1. The summed E-state index contributed by atoms with van der Waals surface area (Å²) in [5.41, 5.74) is 2.07. The van der Waals surface area contributed by atoms with Gasteiger partial charge in [0.15, 0.2) is 5.69 Å². The largest absolute Gasteiger partial charge is 0.464 e. The van der Waals surface area contributed by atoms with E-state index in [-0.39, 0.29) is 5.69 Å². The molecule has 0 aliphatic rings. The summed E-state index contributed by atoms with van der Waals surface area (Å²) in [6.07, 6.45) is 0.839. The third-order valence-electron chi connectivity index (χ3n) is 2.65. The maximum atomic E-state index is 11.5. The van der Waals surface area contributed by atoms with Crippen LogP contribution in [0.15, 0.2) is 24.3 Å². The first kappa shape index (κ1) is 11.9. The maximum absolute atomic E-state index is 11.5. The molecule has 0 amide bonds. The van der Waals surface area contributed by atoms with Crippen molar-refractivity contribution in [1.29, 1.82) is 0 Å². The molecule has 1 aromatic carbocycles. The molecule has 1 aromatic heterocycles. The minimum absolute atomic E-state index is 0.242. The van der Waals surface area contributed by atoms with E-state index in [9.17, 15) is 4.79 Å². The SMILES string of the molecule is CCc1cccc2c(Cl)cc(C(=O)OC)nc12. The van der Waals surface area contributed by atoms with Crippen LogP contribution in [0.3, 0.4) is 0 Å². The van der Waals surface area contributed by atoms with E-state index in [2.05, 4.69) is 9.72 Å². The van der Waals surface area contributed by atoms with E-state index < -0.39 is 5.97 Å². The fraction of sp³-hybridized carbons (Fsp3) is 0.231. The molecule has 4 heteroatoms. The van der Waals surface area contributed by atoms with Crippen LogP contribution in [0.2, 0.25) is 5.02 Å². The number of hydrogen-bond donors (Lipinski definition) is 0. The zero-order valence-electron chi connectivity index (χ0n) is 9.66. The van der Waals surface area contributed by atoms with Gasteiger partial charge in [-0.25, -0.2) is 9.78 Å². The van der Waals surface area contributed by atoms with Crippen LogP contribution in [-0.4, -0.2) is 18.1 Å². The number of para-hydroxylation sites is 1. The first-order valence-electron chi connectivity index (χ1n) is 5.33. The van der Waals surface area contributed by atoms with Crippen LogP contribution >= 0.6 is 11.6 Å². The molecule has 0 aliphatic carbocycles. The molecule has 1 heterocycles. The molecule has 0 aliphatic heterocycles.